The van der Waals surface area contributed by atoms with Crippen LogP contribution in [0.4, 0.5) is 0 Å². The van der Waals surface area contributed by atoms with E-state index in [2.05, 4.69) is 55.6 Å². The van der Waals surface area contributed by atoms with Gasteiger partial charge in [0.25, 0.3) is 0 Å². The van der Waals surface area contributed by atoms with Gasteiger partial charge >= 0.3 is 5.97 Å². The van der Waals surface area contributed by atoms with Crippen LogP contribution in [0.25, 0.3) is 0 Å². The Hall–Kier alpha value is -1.92. The zero-order valence-electron chi connectivity index (χ0n) is 57.6. The maximum atomic E-state index is 12.5. The third-order valence-electron chi connectivity index (χ3n) is 18.2. The van der Waals surface area contributed by atoms with Crippen LogP contribution in [0.2, 0.25) is 0 Å². The number of carbonyl (C=O) groups excluding carboxylic acids is 2. The topological polar surface area (TPSA) is 95.9 Å². The molecule has 0 saturated carbocycles. The number of aliphatic hydroxyl groups is 2. The molecule has 85 heavy (non-hydrogen) atoms. The summed E-state index contributed by atoms with van der Waals surface area (Å²) in [5.41, 5.74) is 0. The molecule has 2 atom stereocenters. The molecule has 3 N–H and O–H groups in total. The number of hydrogen-bond donors (Lipinski definition) is 3. The smallest absolute Gasteiger partial charge is 0.305 e. The Labute approximate surface area is 532 Å². The molecule has 502 valence electrons. The van der Waals surface area contributed by atoms with Gasteiger partial charge in [-0.3, -0.25) is 9.59 Å². The van der Waals surface area contributed by atoms with Crippen LogP contribution in [0.3, 0.4) is 0 Å². The second-order valence-corrected chi connectivity index (χ2v) is 26.7. The van der Waals surface area contributed by atoms with Gasteiger partial charge in [-0.15, -0.1) is 0 Å². The first-order valence-electron chi connectivity index (χ1n) is 38.7. The Balaban J connectivity index is 3.36. The van der Waals surface area contributed by atoms with E-state index in [4.69, 9.17) is 4.74 Å². The fourth-order valence-electron chi connectivity index (χ4n) is 12.3. The molecule has 0 aliphatic carbocycles. The first kappa shape index (κ1) is 83.1. The number of nitrogens with one attached hydrogen (secondary N) is 1. The second-order valence-electron chi connectivity index (χ2n) is 26.7. The van der Waals surface area contributed by atoms with Crippen molar-refractivity contribution in [2.45, 2.75) is 443 Å². The molecule has 0 aromatic carbocycles. The molecule has 0 aliphatic heterocycles. The maximum absolute atomic E-state index is 12.5. The molecule has 6 heteroatoms. The van der Waals surface area contributed by atoms with Crippen LogP contribution < -0.4 is 5.32 Å². The summed E-state index contributed by atoms with van der Waals surface area (Å²) in [4.78, 5) is 24.6. The van der Waals surface area contributed by atoms with Crippen molar-refractivity contribution < 1.29 is 24.5 Å². The zero-order chi connectivity index (χ0) is 61.3. The van der Waals surface area contributed by atoms with E-state index in [-0.39, 0.29) is 18.5 Å². The average molecular weight is 1200 g/mol. The monoisotopic (exact) mass is 1190 g/mol. The normalized spacial score (nSPS) is 12.7. The molecule has 0 aromatic heterocycles. The highest BCUT2D eigenvalue weighted by Gasteiger charge is 2.20. The first-order chi connectivity index (χ1) is 42.0. The van der Waals surface area contributed by atoms with Gasteiger partial charge < -0.3 is 20.3 Å². The summed E-state index contributed by atoms with van der Waals surface area (Å²) in [6.45, 7) is 4.97. The fourth-order valence-corrected chi connectivity index (χ4v) is 12.3. The predicted octanol–water partition coefficient (Wildman–Crippen LogP) is 25.4. The maximum Gasteiger partial charge on any atom is 0.305 e. The lowest BCUT2D eigenvalue weighted by molar-refractivity contribution is -0.143. The van der Waals surface area contributed by atoms with Crippen LogP contribution in [-0.4, -0.2) is 47.4 Å². The summed E-state index contributed by atoms with van der Waals surface area (Å²) in [7, 11) is 0. The molecule has 0 aromatic rings. The van der Waals surface area contributed by atoms with Gasteiger partial charge in [0, 0.05) is 12.8 Å². The van der Waals surface area contributed by atoms with Crippen molar-refractivity contribution in [2.24, 2.45) is 0 Å². The first-order valence-corrected chi connectivity index (χ1v) is 38.7. The molecular weight excluding hydrogens is 1040 g/mol. The molecule has 0 bridgehead atoms. The lowest BCUT2D eigenvalue weighted by Gasteiger charge is -2.22. The summed E-state index contributed by atoms with van der Waals surface area (Å²) in [6, 6.07) is -0.540. The Bertz CT molecular complexity index is 1380. The average Bonchev–Trinajstić information content (AvgIpc) is 3.51. The van der Waals surface area contributed by atoms with Crippen molar-refractivity contribution >= 4 is 11.9 Å². The van der Waals surface area contributed by atoms with Crippen molar-refractivity contribution in [3.8, 4) is 0 Å². The molecular formula is C79H151NO5. The quantitative estimate of drug-likeness (QED) is 0.0320. The van der Waals surface area contributed by atoms with E-state index in [1.54, 1.807) is 0 Å². The summed E-state index contributed by atoms with van der Waals surface area (Å²) in [6.07, 6.45) is 96.6. The van der Waals surface area contributed by atoms with E-state index in [9.17, 15) is 19.8 Å². The SMILES string of the molecule is CCCCC/C=C\CCCCCCCC(=O)OCCCCCCCCCCCCCCC/C=C\C/C=C\CCCCCCCCCCCCCCCCCCCC(=O)NC(CO)C(O)CCCCCCCCCCCCCCCCCCCCC. The van der Waals surface area contributed by atoms with Gasteiger partial charge in [-0.25, -0.2) is 0 Å². The van der Waals surface area contributed by atoms with E-state index >= 15 is 0 Å². The van der Waals surface area contributed by atoms with E-state index in [1.807, 2.05) is 0 Å². The van der Waals surface area contributed by atoms with E-state index in [0.29, 0.717) is 25.9 Å². The standard InChI is InChI=1S/C79H151NO5/c1-3-5-7-9-11-13-15-17-18-19-39-42-45-48-51-55-59-63-67-71-77(82)76(75-81)80-78(83)72-68-64-60-56-52-49-46-43-40-37-35-33-31-29-27-25-23-21-20-22-24-26-28-30-32-34-36-38-41-44-47-50-54-58-62-66-70-74-85-79(84)73-69-65-61-57-53-16-14-12-10-8-6-4-2/h12,14,20,22,26,28,76-77,81-82H,3-11,13,15-19,21,23-25,27,29-75H2,1-2H3,(H,80,83)/b14-12-,22-20-,28-26-. The van der Waals surface area contributed by atoms with Crippen molar-refractivity contribution in [1.82, 2.24) is 5.32 Å². The van der Waals surface area contributed by atoms with Crippen LogP contribution in [0.15, 0.2) is 36.5 Å². The minimum Gasteiger partial charge on any atom is -0.466 e. The lowest BCUT2D eigenvalue weighted by atomic mass is 10.0. The van der Waals surface area contributed by atoms with Crippen molar-refractivity contribution in [3.05, 3.63) is 36.5 Å². The Morgan fingerprint density at radius 1 is 0.329 bits per heavy atom. The Kier molecular flexibility index (Phi) is 72.9. The molecule has 2 unspecified atom stereocenters. The van der Waals surface area contributed by atoms with Crippen molar-refractivity contribution in [1.29, 1.82) is 0 Å². The van der Waals surface area contributed by atoms with Crippen LogP contribution in [0.1, 0.15) is 431 Å². The van der Waals surface area contributed by atoms with Gasteiger partial charge in [0.2, 0.25) is 5.91 Å². The van der Waals surface area contributed by atoms with Crippen LogP contribution >= 0.6 is 0 Å². The summed E-state index contributed by atoms with van der Waals surface area (Å²) in [5.74, 6) is -0.0188. The van der Waals surface area contributed by atoms with Crippen molar-refractivity contribution in [3.63, 3.8) is 0 Å². The van der Waals surface area contributed by atoms with Crippen LogP contribution in [0, 0.1) is 0 Å². The molecule has 0 saturated heterocycles. The summed E-state index contributed by atoms with van der Waals surface area (Å²) >= 11 is 0. The van der Waals surface area contributed by atoms with Gasteiger partial charge in [0.15, 0.2) is 0 Å². The third-order valence-corrected chi connectivity index (χ3v) is 18.2. The highest BCUT2D eigenvalue weighted by molar-refractivity contribution is 5.76. The highest BCUT2D eigenvalue weighted by Crippen LogP contribution is 2.19. The van der Waals surface area contributed by atoms with Crippen LogP contribution in [-0.2, 0) is 14.3 Å². The number of amides is 1. The molecule has 0 spiro atoms. The number of esters is 1. The second kappa shape index (κ2) is 74.5. The highest BCUT2D eigenvalue weighted by atomic mass is 16.5. The molecule has 0 fully saturated rings. The van der Waals surface area contributed by atoms with E-state index < -0.39 is 12.1 Å². The molecule has 6 nitrogen and oxygen atoms in total. The lowest BCUT2D eigenvalue weighted by Crippen LogP contribution is -2.45. The summed E-state index contributed by atoms with van der Waals surface area (Å²) in [5, 5.41) is 23.4. The molecule has 0 rings (SSSR count). The van der Waals surface area contributed by atoms with Crippen molar-refractivity contribution in [2.75, 3.05) is 13.2 Å². The number of ether oxygens (including phenoxy) is 1. The zero-order valence-corrected chi connectivity index (χ0v) is 57.6. The van der Waals surface area contributed by atoms with Gasteiger partial charge in [-0.05, 0) is 83.5 Å². The number of hydrogen-bond acceptors (Lipinski definition) is 5. The minimum absolute atomic E-state index is 0.00909. The van der Waals surface area contributed by atoms with Gasteiger partial charge in [0.05, 0.1) is 25.4 Å². The summed E-state index contributed by atoms with van der Waals surface area (Å²) < 4.78 is 5.48. The number of aliphatic hydroxyl groups excluding tert-OH is 2. The van der Waals surface area contributed by atoms with Gasteiger partial charge in [-0.1, -0.05) is 371 Å². The van der Waals surface area contributed by atoms with Gasteiger partial charge in [0.1, 0.15) is 0 Å². The van der Waals surface area contributed by atoms with E-state index in [0.717, 1.165) is 51.4 Å². The fraction of sp³-hybridized carbons (Fsp3) is 0.899. The Morgan fingerprint density at radius 3 is 0.929 bits per heavy atom. The number of unbranched alkanes of at least 4 members (excludes halogenated alkanes) is 56. The largest absolute Gasteiger partial charge is 0.466 e. The van der Waals surface area contributed by atoms with E-state index in [1.165, 1.54) is 347 Å². The van der Waals surface area contributed by atoms with Crippen LogP contribution in [0.5, 0.6) is 0 Å². The Morgan fingerprint density at radius 2 is 0.588 bits per heavy atom. The molecule has 0 radical (unpaired) electrons. The third kappa shape index (κ3) is 71.0. The number of rotatable bonds is 73. The molecule has 0 heterocycles. The number of carbonyl (C=O) groups is 2. The van der Waals surface area contributed by atoms with Gasteiger partial charge in [-0.2, -0.15) is 0 Å². The molecule has 0 aliphatic rings. The molecule has 1 amide bonds. The number of allylic oxidation sites excluding steroid dienone is 6. The predicted molar refractivity (Wildman–Crippen MR) is 375 cm³/mol. The minimum atomic E-state index is -0.663.